The summed E-state index contributed by atoms with van der Waals surface area (Å²) in [6.45, 7) is 1.72. The highest BCUT2D eigenvalue weighted by atomic mass is 16.5. The highest BCUT2D eigenvalue weighted by Gasteiger charge is 2.11. The number of hydrogen-bond acceptors (Lipinski definition) is 7. The van der Waals surface area contributed by atoms with Gasteiger partial charge >= 0.3 is 0 Å². The van der Waals surface area contributed by atoms with Gasteiger partial charge < -0.3 is 15.2 Å². The zero-order valence-electron chi connectivity index (χ0n) is 14.9. The van der Waals surface area contributed by atoms with Gasteiger partial charge in [-0.2, -0.15) is 9.67 Å². The third kappa shape index (κ3) is 3.42. The van der Waals surface area contributed by atoms with Crippen LogP contribution in [0.1, 0.15) is 18.6 Å². The van der Waals surface area contributed by atoms with Crippen molar-refractivity contribution in [1.29, 1.82) is 0 Å². The molecule has 1 atom stereocenters. The van der Waals surface area contributed by atoms with E-state index in [9.17, 15) is 5.11 Å². The molecular weight excluding hydrogens is 344 g/mol. The number of fused-ring (bicyclic) bond motifs is 1. The summed E-state index contributed by atoms with van der Waals surface area (Å²) in [6.07, 6.45) is 1.07. The second kappa shape index (κ2) is 7.00. The first-order valence-corrected chi connectivity index (χ1v) is 8.42. The van der Waals surface area contributed by atoms with E-state index in [4.69, 9.17) is 4.74 Å². The summed E-state index contributed by atoms with van der Waals surface area (Å²) in [5, 5.41) is 21.2. The van der Waals surface area contributed by atoms with Gasteiger partial charge in [0.05, 0.1) is 25.1 Å². The number of hydrogen-bond donors (Lipinski definition) is 2. The van der Waals surface area contributed by atoms with Crippen molar-refractivity contribution < 1.29 is 9.84 Å². The molecule has 8 heteroatoms. The molecule has 0 amide bonds. The maximum Gasteiger partial charge on any atom is 0.229 e. The van der Waals surface area contributed by atoms with E-state index in [1.165, 1.54) is 0 Å². The fourth-order valence-corrected chi connectivity index (χ4v) is 2.71. The first-order chi connectivity index (χ1) is 13.1. The molecule has 1 unspecified atom stereocenters. The maximum absolute atomic E-state index is 9.74. The van der Waals surface area contributed by atoms with E-state index in [0.29, 0.717) is 17.1 Å². The van der Waals surface area contributed by atoms with Gasteiger partial charge in [-0.3, -0.25) is 0 Å². The number of aliphatic hydroxyl groups is 1. The molecule has 136 valence electrons. The van der Waals surface area contributed by atoms with E-state index < -0.39 is 6.10 Å². The van der Waals surface area contributed by atoms with Crippen LogP contribution in [-0.2, 0) is 0 Å². The number of nitrogens with one attached hydrogen (secondary N) is 1. The number of nitrogens with zero attached hydrogens (tertiary/aromatic N) is 5. The van der Waals surface area contributed by atoms with Crippen LogP contribution in [-0.4, -0.2) is 37.2 Å². The summed E-state index contributed by atoms with van der Waals surface area (Å²) >= 11 is 0. The SMILES string of the molecule is COc1cccc(-n2nnc3cnc(Nc4cccc(C(C)O)c4)nc32)c1. The van der Waals surface area contributed by atoms with Crippen molar-refractivity contribution in [2.24, 2.45) is 0 Å². The van der Waals surface area contributed by atoms with Crippen LogP contribution >= 0.6 is 0 Å². The number of aromatic nitrogens is 5. The second-order valence-corrected chi connectivity index (χ2v) is 6.03. The van der Waals surface area contributed by atoms with Gasteiger partial charge in [-0.15, -0.1) is 5.10 Å². The molecule has 0 radical (unpaired) electrons. The minimum atomic E-state index is -0.547. The van der Waals surface area contributed by atoms with Crippen LogP contribution < -0.4 is 10.1 Å². The average Bonchev–Trinajstić information content (AvgIpc) is 3.11. The Bertz CT molecular complexity index is 1090. The van der Waals surface area contributed by atoms with E-state index >= 15 is 0 Å². The van der Waals surface area contributed by atoms with Gasteiger partial charge in [0.1, 0.15) is 5.75 Å². The lowest BCUT2D eigenvalue weighted by Crippen LogP contribution is -2.02. The van der Waals surface area contributed by atoms with Crippen molar-refractivity contribution in [3.05, 3.63) is 60.3 Å². The van der Waals surface area contributed by atoms with Crippen LogP contribution in [0.2, 0.25) is 0 Å². The van der Waals surface area contributed by atoms with Crippen molar-refractivity contribution in [1.82, 2.24) is 25.0 Å². The molecule has 8 nitrogen and oxygen atoms in total. The van der Waals surface area contributed by atoms with Gasteiger partial charge in [-0.25, -0.2) is 4.98 Å². The van der Waals surface area contributed by atoms with E-state index in [0.717, 1.165) is 22.7 Å². The van der Waals surface area contributed by atoms with Crippen LogP contribution in [0.5, 0.6) is 5.75 Å². The van der Waals surface area contributed by atoms with Crippen LogP contribution in [0.25, 0.3) is 16.9 Å². The maximum atomic E-state index is 9.74. The molecule has 0 spiro atoms. The summed E-state index contributed by atoms with van der Waals surface area (Å²) < 4.78 is 6.91. The second-order valence-electron chi connectivity index (χ2n) is 6.03. The first-order valence-electron chi connectivity index (χ1n) is 8.42. The van der Waals surface area contributed by atoms with Gasteiger partial charge in [0.15, 0.2) is 11.2 Å². The Morgan fingerprint density at radius 1 is 1.15 bits per heavy atom. The van der Waals surface area contributed by atoms with Crippen molar-refractivity contribution in [3.63, 3.8) is 0 Å². The van der Waals surface area contributed by atoms with E-state index in [1.54, 1.807) is 24.9 Å². The highest BCUT2D eigenvalue weighted by Crippen LogP contribution is 2.22. The molecule has 2 heterocycles. The summed E-state index contributed by atoms with van der Waals surface area (Å²) in [6, 6.07) is 15.0. The van der Waals surface area contributed by atoms with Gasteiger partial charge in [-0.05, 0) is 36.8 Å². The quantitative estimate of drug-likeness (QED) is 0.563. The Balaban J connectivity index is 1.70. The zero-order chi connectivity index (χ0) is 18.8. The lowest BCUT2D eigenvalue weighted by molar-refractivity contribution is 0.199. The normalized spacial score (nSPS) is 12.1. The van der Waals surface area contributed by atoms with Gasteiger partial charge in [-0.1, -0.05) is 23.4 Å². The number of rotatable bonds is 5. The molecule has 2 aromatic carbocycles. The van der Waals surface area contributed by atoms with Crippen molar-refractivity contribution in [2.75, 3.05) is 12.4 Å². The number of benzene rings is 2. The van der Waals surface area contributed by atoms with E-state index in [1.807, 2.05) is 48.5 Å². The summed E-state index contributed by atoms with van der Waals surface area (Å²) in [7, 11) is 1.62. The lowest BCUT2D eigenvalue weighted by Gasteiger charge is -2.09. The molecule has 0 saturated carbocycles. The van der Waals surface area contributed by atoms with Crippen molar-refractivity contribution in [2.45, 2.75) is 13.0 Å². The van der Waals surface area contributed by atoms with Crippen LogP contribution in [0.4, 0.5) is 11.6 Å². The monoisotopic (exact) mass is 362 g/mol. The fraction of sp³-hybridized carbons (Fsp3) is 0.158. The Morgan fingerprint density at radius 2 is 2.00 bits per heavy atom. The predicted octanol–water partition coefficient (Wildman–Crippen LogP) is 3.02. The summed E-state index contributed by atoms with van der Waals surface area (Å²) in [4.78, 5) is 8.84. The molecule has 4 aromatic rings. The lowest BCUT2D eigenvalue weighted by atomic mass is 10.1. The molecular formula is C19H18N6O2. The topological polar surface area (TPSA) is 98.0 Å². The Morgan fingerprint density at radius 3 is 2.81 bits per heavy atom. The summed E-state index contributed by atoms with van der Waals surface area (Å²) in [5.74, 6) is 1.13. The average molecular weight is 362 g/mol. The molecule has 0 aliphatic carbocycles. The molecule has 0 aliphatic rings. The Kier molecular flexibility index (Phi) is 4.39. The third-order valence-electron chi connectivity index (χ3n) is 4.12. The molecule has 0 saturated heterocycles. The van der Waals surface area contributed by atoms with Crippen molar-refractivity contribution in [3.8, 4) is 11.4 Å². The molecule has 0 aliphatic heterocycles. The highest BCUT2D eigenvalue weighted by molar-refractivity contribution is 5.73. The largest absolute Gasteiger partial charge is 0.497 e. The fourth-order valence-electron chi connectivity index (χ4n) is 2.71. The van der Waals surface area contributed by atoms with E-state index in [2.05, 4.69) is 25.6 Å². The van der Waals surface area contributed by atoms with Gasteiger partial charge in [0.2, 0.25) is 5.95 Å². The molecule has 2 N–H and O–H groups in total. The number of ether oxygens (including phenoxy) is 1. The van der Waals surface area contributed by atoms with Crippen molar-refractivity contribution >= 4 is 22.8 Å². The molecule has 27 heavy (non-hydrogen) atoms. The minimum Gasteiger partial charge on any atom is -0.497 e. The number of anilines is 2. The molecule has 2 aromatic heterocycles. The standard InChI is InChI=1S/C19H18N6O2/c1-12(26)13-5-3-6-14(9-13)21-19-20-11-17-18(22-19)25(24-23-17)15-7-4-8-16(10-15)27-2/h3-12,26H,1-2H3,(H,20,21,22). The Labute approximate surface area is 155 Å². The number of methoxy groups -OCH3 is 1. The third-order valence-corrected chi connectivity index (χ3v) is 4.12. The van der Waals surface area contributed by atoms with Gasteiger partial charge in [0.25, 0.3) is 0 Å². The van der Waals surface area contributed by atoms with Crippen LogP contribution in [0.15, 0.2) is 54.7 Å². The number of aliphatic hydroxyl groups excluding tert-OH is 1. The van der Waals surface area contributed by atoms with Crippen LogP contribution in [0.3, 0.4) is 0 Å². The minimum absolute atomic E-state index is 0.414. The Hall–Kier alpha value is -3.52. The first kappa shape index (κ1) is 16.9. The van der Waals surface area contributed by atoms with Crippen LogP contribution in [0, 0.1) is 0 Å². The zero-order valence-corrected chi connectivity index (χ0v) is 14.9. The van der Waals surface area contributed by atoms with Gasteiger partial charge in [0, 0.05) is 11.8 Å². The molecule has 0 bridgehead atoms. The molecule has 4 rings (SSSR count). The van der Waals surface area contributed by atoms with E-state index in [-0.39, 0.29) is 0 Å². The summed E-state index contributed by atoms with van der Waals surface area (Å²) in [5.41, 5.74) is 3.54. The smallest absolute Gasteiger partial charge is 0.229 e. The predicted molar refractivity (Wildman–Crippen MR) is 101 cm³/mol. The molecule has 0 fully saturated rings.